The Labute approximate surface area is 110 Å². The Morgan fingerprint density at radius 2 is 1.89 bits per heavy atom. The summed E-state index contributed by atoms with van der Waals surface area (Å²) in [5, 5.41) is 13.8. The van der Waals surface area contributed by atoms with Gasteiger partial charge in [-0.1, -0.05) is 12.1 Å². The molecular weight excluding hydrogens is 247 g/mol. The van der Waals surface area contributed by atoms with E-state index < -0.39 is 4.92 Å². The summed E-state index contributed by atoms with van der Waals surface area (Å²) >= 11 is 0. The highest BCUT2D eigenvalue weighted by Crippen LogP contribution is 2.21. The van der Waals surface area contributed by atoms with E-state index in [9.17, 15) is 14.5 Å². The molecule has 0 bridgehead atoms. The van der Waals surface area contributed by atoms with Crippen molar-refractivity contribution in [1.82, 2.24) is 0 Å². The molecule has 0 saturated heterocycles. The van der Waals surface area contributed by atoms with Crippen molar-refractivity contribution in [1.29, 1.82) is 0 Å². The van der Waals surface area contributed by atoms with Gasteiger partial charge in [0.2, 0.25) is 0 Å². The first kappa shape index (κ1) is 13.0. The smallest absolute Gasteiger partial charge is 0.272 e. The van der Waals surface area contributed by atoms with E-state index in [4.69, 9.17) is 0 Å². The van der Waals surface area contributed by atoms with Crippen molar-refractivity contribution in [3.8, 4) is 0 Å². The highest BCUT2D eigenvalue weighted by atomic mass is 19.1. The molecule has 0 amide bonds. The quantitative estimate of drug-likeness (QED) is 0.674. The first-order chi connectivity index (χ1) is 9.06. The van der Waals surface area contributed by atoms with Crippen LogP contribution in [0.15, 0.2) is 42.5 Å². The monoisotopic (exact) mass is 260 g/mol. The van der Waals surface area contributed by atoms with E-state index in [1.807, 2.05) is 0 Å². The molecule has 4 nitrogen and oxygen atoms in total. The Bertz CT molecular complexity index is 597. The molecule has 19 heavy (non-hydrogen) atoms. The minimum Gasteiger partial charge on any atom is -0.381 e. The summed E-state index contributed by atoms with van der Waals surface area (Å²) in [4.78, 5) is 10.3. The second kappa shape index (κ2) is 5.48. The standard InChI is InChI=1S/C14H13FN2O2/c1-10-8-13(6-7-14(10)17(18)19)16-9-11-2-4-12(15)5-3-11/h2-8,16H,9H2,1H3. The third-order valence-corrected chi connectivity index (χ3v) is 2.80. The van der Waals surface area contributed by atoms with E-state index in [0.29, 0.717) is 12.1 Å². The number of rotatable bonds is 4. The van der Waals surface area contributed by atoms with Crippen molar-refractivity contribution in [2.45, 2.75) is 13.5 Å². The van der Waals surface area contributed by atoms with Crippen molar-refractivity contribution >= 4 is 11.4 Å². The van der Waals surface area contributed by atoms with Crippen molar-refractivity contribution in [2.75, 3.05) is 5.32 Å². The molecule has 5 heteroatoms. The molecule has 0 heterocycles. The molecule has 1 N–H and O–H groups in total. The molecule has 2 aromatic rings. The number of nitrogens with one attached hydrogen (secondary N) is 1. The van der Waals surface area contributed by atoms with Gasteiger partial charge in [-0.15, -0.1) is 0 Å². The average Bonchev–Trinajstić information content (AvgIpc) is 2.37. The van der Waals surface area contributed by atoms with Gasteiger partial charge in [0, 0.05) is 23.9 Å². The first-order valence-corrected chi connectivity index (χ1v) is 5.79. The van der Waals surface area contributed by atoms with Gasteiger partial charge in [-0.25, -0.2) is 4.39 Å². The minimum atomic E-state index is -0.404. The number of anilines is 1. The van der Waals surface area contributed by atoms with Gasteiger partial charge < -0.3 is 5.32 Å². The fourth-order valence-electron chi connectivity index (χ4n) is 1.78. The number of aryl methyl sites for hydroxylation is 1. The third-order valence-electron chi connectivity index (χ3n) is 2.80. The van der Waals surface area contributed by atoms with Crippen LogP contribution < -0.4 is 5.32 Å². The zero-order chi connectivity index (χ0) is 13.8. The number of nitro benzene ring substituents is 1. The van der Waals surface area contributed by atoms with E-state index in [0.717, 1.165) is 11.3 Å². The van der Waals surface area contributed by atoms with Gasteiger partial charge in [-0.05, 0) is 36.8 Å². The number of nitro groups is 1. The summed E-state index contributed by atoms with van der Waals surface area (Å²) in [6, 6.07) is 11.1. The molecule has 0 unspecified atom stereocenters. The fourth-order valence-corrected chi connectivity index (χ4v) is 1.78. The first-order valence-electron chi connectivity index (χ1n) is 5.79. The van der Waals surface area contributed by atoms with Crippen molar-refractivity contribution in [2.24, 2.45) is 0 Å². The van der Waals surface area contributed by atoms with Crippen molar-refractivity contribution in [3.63, 3.8) is 0 Å². The maximum absolute atomic E-state index is 12.7. The lowest BCUT2D eigenvalue weighted by Crippen LogP contribution is -2.00. The molecule has 0 radical (unpaired) electrons. The second-order valence-corrected chi connectivity index (χ2v) is 4.24. The highest BCUT2D eigenvalue weighted by Gasteiger charge is 2.09. The maximum atomic E-state index is 12.7. The highest BCUT2D eigenvalue weighted by molar-refractivity contribution is 5.53. The molecule has 2 aromatic carbocycles. The van der Waals surface area contributed by atoms with Crippen LogP contribution >= 0.6 is 0 Å². The van der Waals surface area contributed by atoms with Crippen molar-refractivity contribution in [3.05, 3.63) is 69.5 Å². The molecule has 2 rings (SSSR count). The van der Waals surface area contributed by atoms with Crippen LogP contribution in [-0.4, -0.2) is 4.92 Å². The largest absolute Gasteiger partial charge is 0.381 e. The molecule has 0 aliphatic heterocycles. The molecule has 0 aromatic heterocycles. The van der Waals surface area contributed by atoms with Gasteiger partial charge >= 0.3 is 0 Å². The Morgan fingerprint density at radius 1 is 1.21 bits per heavy atom. The Hall–Kier alpha value is -2.43. The summed E-state index contributed by atoms with van der Waals surface area (Å²) in [6.45, 7) is 2.23. The van der Waals surface area contributed by atoms with Gasteiger partial charge in [0.05, 0.1) is 4.92 Å². The van der Waals surface area contributed by atoms with Crippen LogP contribution in [0.1, 0.15) is 11.1 Å². The molecule has 98 valence electrons. The van der Waals surface area contributed by atoms with Crippen LogP contribution in [0, 0.1) is 22.9 Å². The molecule has 0 atom stereocenters. The number of benzene rings is 2. The van der Waals surface area contributed by atoms with Crippen LogP contribution in [0.4, 0.5) is 15.8 Å². The molecule has 0 aliphatic carbocycles. The van der Waals surface area contributed by atoms with E-state index in [-0.39, 0.29) is 11.5 Å². The van der Waals surface area contributed by atoms with Crippen LogP contribution in [0.25, 0.3) is 0 Å². The normalized spacial score (nSPS) is 10.2. The fraction of sp³-hybridized carbons (Fsp3) is 0.143. The summed E-state index contributed by atoms with van der Waals surface area (Å²) in [5.41, 5.74) is 2.45. The Kier molecular flexibility index (Phi) is 3.75. The predicted molar refractivity (Wildman–Crippen MR) is 71.6 cm³/mol. The van der Waals surface area contributed by atoms with E-state index in [1.54, 1.807) is 31.2 Å². The van der Waals surface area contributed by atoms with Gasteiger partial charge in [-0.2, -0.15) is 0 Å². The molecule has 0 saturated carbocycles. The van der Waals surface area contributed by atoms with Crippen LogP contribution in [0.2, 0.25) is 0 Å². The lowest BCUT2D eigenvalue weighted by atomic mass is 10.1. The summed E-state index contributed by atoms with van der Waals surface area (Å²) < 4.78 is 12.7. The zero-order valence-electron chi connectivity index (χ0n) is 10.4. The Morgan fingerprint density at radius 3 is 2.47 bits per heavy atom. The Balaban J connectivity index is 2.06. The maximum Gasteiger partial charge on any atom is 0.272 e. The summed E-state index contributed by atoms with van der Waals surface area (Å²) in [5.74, 6) is -0.269. The van der Waals surface area contributed by atoms with E-state index in [1.165, 1.54) is 18.2 Å². The summed E-state index contributed by atoms with van der Waals surface area (Å²) in [7, 11) is 0. The van der Waals surface area contributed by atoms with Crippen LogP contribution in [0.5, 0.6) is 0 Å². The van der Waals surface area contributed by atoms with Gasteiger partial charge in [0.25, 0.3) is 5.69 Å². The topological polar surface area (TPSA) is 55.2 Å². The molecule has 0 aliphatic rings. The SMILES string of the molecule is Cc1cc(NCc2ccc(F)cc2)ccc1[N+](=O)[O-]. The van der Waals surface area contributed by atoms with Crippen LogP contribution in [-0.2, 0) is 6.54 Å². The average molecular weight is 260 g/mol. The second-order valence-electron chi connectivity index (χ2n) is 4.24. The zero-order valence-corrected chi connectivity index (χ0v) is 10.4. The molecule has 0 spiro atoms. The number of hydrogen-bond acceptors (Lipinski definition) is 3. The number of halogens is 1. The number of nitrogens with zero attached hydrogens (tertiary/aromatic N) is 1. The van der Waals surface area contributed by atoms with Crippen LogP contribution in [0.3, 0.4) is 0 Å². The lowest BCUT2D eigenvalue weighted by Gasteiger charge is -2.07. The molecule has 0 fully saturated rings. The molecular formula is C14H13FN2O2. The summed E-state index contributed by atoms with van der Waals surface area (Å²) in [6.07, 6.45) is 0. The van der Waals surface area contributed by atoms with Crippen molar-refractivity contribution < 1.29 is 9.31 Å². The van der Waals surface area contributed by atoms with Gasteiger partial charge in [0.15, 0.2) is 0 Å². The predicted octanol–water partition coefficient (Wildman–Crippen LogP) is 3.65. The minimum absolute atomic E-state index is 0.104. The number of hydrogen-bond donors (Lipinski definition) is 1. The van der Waals surface area contributed by atoms with Gasteiger partial charge in [0.1, 0.15) is 5.82 Å². The lowest BCUT2D eigenvalue weighted by molar-refractivity contribution is -0.385. The van der Waals surface area contributed by atoms with E-state index >= 15 is 0 Å². The third kappa shape index (κ3) is 3.28. The van der Waals surface area contributed by atoms with Gasteiger partial charge in [-0.3, -0.25) is 10.1 Å². The van der Waals surface area contributed by atoms with E-state index in [2.05, 4.69) is 5.32 Å².